The molecular formula is C31H50O8. The summed E-state index contributed by atoms with van der Waals surface area (Å²) in [7, 11) is 1.55. The number of allylic oxidation sites excluding steroid dienone is 3. The predicted molar refractivity (Wildman–Crippen MR) is 150 cm³/mol. The quantitative estimate of drug-likeness (QED) is 0.174. The zero-order valence-corrected chi connectivity index (χ0v) is 25.0. The molecule has 0 saturated carbocycles. The van der Waals surface area contributed by atoms with Crippen molar-refractivity contribution in [3.63, 3.8) is 0 Å². The molecule has 8 nitrogen and oxygen atoms in total. The Hall–Kier alpha value is -2.00. The zero-order chi connectivity index (χ0) is 29.3. The molecule has 2 aliphatic rings. The molecule has 0 aromatic carbocycles. The predicted octanol–water partition coefficient (Wildman–Crippen LogP) is 4.68. The first kappa shape index (κ1) is 33.2. The van der Waals surface area contributed by atoms with Gasteiger partial charge in [-0.05, 0) is 57.1 Å². The Morgan fingerprint density at radius 3 is 2.59 bits per heavy atom. The van der Waals surface area contributed by atoms with E-state index in [2.05, 4.69) is 13.0 Å². The Balaban J connectivity index is 2.16. The molecule has 222 valence electrons. The van der Waals surface area contributed by atoms with E-state index in [1.807, 2.05) is 52.8 Å². The van der Waals surface area contributed by atoms with Crippen LogP contribution in [0.15, 0.2) is 36.0 Å². The fourth-order valence-electron chi connectivity index (χ4n) is 5.17. The molecule has 0 radical (unpaired) electrons. The van der Waals surface area contributed by atoms with Crippen molar-refractivity contribution in [3.8, 4) is 0 Å². The van der Waals surface area contributed by atoms with Crippen molar-refractivity contribution in [1.82, 2.24) is 0 Å². The van der Waals surface area contributed by atoms with E-state index < -0.39 is 35.9 Å². The smallest absolute Gasteiger partial charge is 0.309 e. The van der Waals surface area contributed by atoms with Crippen LogP contribution < -0.4 is 0 Å². The molecule has 2 N–H and O–H groups in total. The third kappa shape index (κ3) is 10.2. The van der Waals surface area contributed by atoms with Crippen LogP contribution in [0.1, 0.15) is 80.6 Å². The molecule has 8 heteroatoms. The van der Waals surface area contributed by atoms with Gasteiger partial charge in [0.2, 0.25) is 0 Å². The summed E-state index contributed by atoms with van der Waals surface area (Å²) >= 11 is 0. The number of methoxy groups -OCH3 is 1. The van der Waals surface area contributed by atoms with Gasteiger partial charge < -0.3 is 29.2 Å². The molecule has 2 aliphatic heterocycles. The summed E-state index contributed by atoms with van der Waals surface area (Å²) in [5.41, 5.74) is -0.00338. The number of epoxide rings is 1. The molecular weight excluding hydrogens is 500 g/mol. The fourth-order valence-corrected chi connectivity index (χ4v) is 5.17. The number of carbonyl (C=O) groups excluding carboxylic acids is 2. The van der Waals surface area contributed by atoms with Gasteiger partial charge in [0.25, 0.3) is 0 Å². The zero-order valence-electron chi connectivity index (χ0n) is 25.0. The van der Waals surface area contributed by atoms with Gasteiger partial charge in [0, 0.05) is 25.9 Å². The van der Waals surface area contributed by atoms with Gasteiger partial charge in [-0.25, -0.2) is 0 Å². The van der Waals surface area contributed by atoms with E-state index in [-0.39, 0.29) is 42.5 Å². The van der Waals surface area contributed by atoms with Gasteiger partial charge in [-0.3, -0.25) is 9.59 Å². The van der Waals surface area contributed by atoms with Gasteiger partial charge in [-0.2, -0.15) is 0 Å². The topological polar surface area (TPSA) is 115 Å². The average Bonchev–Trinajstić information content (AvgIpc) is 3.64. The molecule has 10 unspecified atom stereocenters. The Bertz CT molecular complexity index is 895. The van der Waals surface area contributed by atoms with Crippen LogP contribution in [0.2, 0.25) is 0 Å². The van der Waals surface area contributed by atoms with Crippen molar-refractivity contribution in [2.75, 3.05) is 7.11 Å². The molecule has 2 heterocycles. The molecule has 0 amide bonds. The lowest BCUT2D eigenvalue weighted by atomic mass is 9.88. The van der Waals surface area contributed by atoms with E-state index in [1.54, 1.807) is 13.2 Å². The van der Waals surface area contributed by atoms with Crippen molar-refractivity contribution < 1.29 is 38.7 Å². The second-order valence-electron chi connectivity index (χ2n) is 11.6. The number of hydrogen-bond acceptors (Lipinski definition) is 8. The maximum Gasteiger partial charge on any atom is 0.309 e. The minimum atomic E-state index is -0.899. The van der Waals surface area contributed by atoms with Crippen molar-refractivity contribution >= 4 is 11.9 Å². The second kappa shape index (κ2) is 15.1. The number of carbonyl (C=O) groups is 2. The number of rotatable bonds is 10. The number of cyclic esters (lactones) is 1. The molecule has 2 rings (SSSR count). The van der Waals surface area contributed by atoms with E-state index in [1.165, 1.54) is 6.92 Å². The summed E-state index contributed by atoms with van der Waals surface area (Å²) in [4.78, 5) is 24.5. The molecule has 1 saturated heterocycles. The number of ether oxygens (including phenoxy) is 4. The summed E-state index contributed by atoms with van der Waals surface area (Å²) in [6.45, 7) is 13.2. The summed E-state index contributed by atoms with van der Waals surface area (Å²) in [6.07, 6.45) is 9.68. The van der Waals surface area contributed by atoms with Gasteiger partial charge in [0.1, 0.15) is 17.8 Å². The molecule has 0 aromatic rings. The maximum atomic E-state index is 12.7. The highest BCUT2D eigenvalue weighted by Gasteiger charge is 2.45. The molecule has 10 atom stereocenters. The largest absolute Gasteiger partial charge is 0.457 e. The Kier molecular flexibility index (Phi) is 12.9. The van der Waals surface area contributed by atoms with E-state index in [9.17, 15) is 19.8 Å². The van der Waals surface area contributed by atoms with Crippen LogP contribution in [0.4, 0.5) is 0 Å². The summed E-state index contributed by atoms with van der Waals surface area (Å²) < 4.78 is 23.0. The molecule has 0 aromatic heterocycles. The monoisotopic (exact) mass is 550 g/mol. The highest BCUT2D eigenvalue weighted by molar-refractivity contribution is 5.70. The third-order valence-corrected chi connectivity index (χ3v) is 8.08. The second-order valence-corrected chi connectivity index (χ2v) is 11.6. The Morgan fingerprint density at radius 2 is 1.97 bits per heavy atom. The molecule has 0 spiro atoms. The normalized spacial score (nSPS) is 35.7. The minimum absolute atomic E-state index is 0.113. The van der Waals surface area contributed by atoms with Gasteiger partial charge >= 0.3 is 11.9 Å². The summed E-state index contributed by atoms with van der Waals surface area (Å²) in [6, 6.07) is 0. The van der Waals surface area contributed by atoms with Crippen molar-refractivity contribution in [2.45, 2.75) is 123 Å². The van der Waals surface area contributed by atoms with Gasteiger partial charge in [-0.15, -0.1) is 0 Å². The number of aliphatic hydroxyl groups is 2. The van der Waals surface area contributed by atoms with Gasteiger partial charge in [0.05, 0.1) is 30.8 Å². The van der Waals surface area contributed by atoms with Crippen LogP contribution in [-0.4, -0.2) is 71.5 Å². The van der Waals surface area contributed by atoms with Crippen LogP contribution >= 0.6 is 0 Å². The van der Waals surface area contributed by atoms with Crippen LogP contribution in [-0.2, 0) is 28.5 Å². The molecule has 39 heavy (non-hydrogen) atoms. The highest BCUT2D eigenvalue weighted by atomic mass is 16.6. The maximum absolute atomic E-state index is 12.7. The Morgan fingerprint density at radius 1 is 1.28 bits per heavy atom. The number of aliphatic hydroxyl groups excluding tert-OH is 2. The lowest BCUT2D eigenvalue weighted by molar-refractivity contribution is -0.160. The number of hydrogen-bond donors (Lipinski definition) is 2. The van der Waals surface area contributed by atoms with Crippen molar-refractivity contribution in [1.29, 1.82) is 0 Å². The molecule has 0 bridgehead atoms. The van der Waals surface area contributed by atoms with Crippen LogP contribution in [0.25, 0.3) is 0 Å². The summed E-state index contributed by atoms with van der Waals surface area (Å²) in [5.74, 6) is -0.708. The van der Waals surface area contributed by atoms with Crippen LogP contribution in [0.3, 0.4) is 0 Å². The van der Waals surface area contributed by atoms with Crippen LogP contribution in [0.5, 0.6) is 0 Å². The summed E-state index contributed by atoms with van der Waals surface area (Å²) in [5, 5.41) is 20.6. The Labute approximate surface area is 234 Å². The van der Waals surface area contributed by atoms with Crippen molar-refractivity contribution in [2.24, 2.45) is 17.8 Å². The first-order valence-electron chi connectivity index (χ1n) is 14.3. The average molecular weight is 551 g/mol. The third-order valence-electron chi connectivity index (χ3n) is 8.08. The SMILES string of the molecule is CCC(O)C(C)C1OC1CC(C)/C=C/C=C(\C)C1OC(=O)CC(O)CCC(C)(OC)C(OC(C)=O)/C=C\C1C. The minimum Gasteiger partial charge on any atom is -0.457 e. The fraction of sp³-hybridized carbons (Fsp3) is 0.742. The lowest BCUT2D eigenvalue weighted by Gasteiger charge is -2.35. The van der Waals surface area contributed by atoms with E-state index in [4.69, 9.17) is 18.9 Å². The first-order chi connectivity index (χ1) is 18.3. The standard InChI is InChI=1S/C31H50O8/c1-9-25(34)22(5)30-26(38-30)17-19(2)11-10-12-20(3)29-21(4)13-14-27(37-23(6)32)31(7,36-8)16-15-24(33)18-28(35)39-29/h10-14,19,21-22,24-27,29-30,33-34H,9,15-18H2,1-8H3/b11-10+,14-13-,20-12+. The molecule has 0 aliphatic carbocycles. The first-order valence-corrected chi connectivity index (χ1v) is 14.3. The lowest BCUT2D eigenvalue weighted by Crippen LogP contribution is -2.44. The van der Waals surface area contributed by atoms with E-state index in [0.717, 1.165) is 18.4 Å². The van der Waals surface area contributed by atoms with E-state index >= 15 is 0 Å². The van der Waals surface area contributed by atoms with Crippen LogP contribution in [0, 0.1) is 17.8 Å². The van der Waals surface area contributed by atoms with Crippen molar-refractivity contribution in [3.05, 3.63) is 36.0 Å². The van der Waals surface area contributed by atoms with Gasteiger partial charge in [0.15, 0.2) is 0 Å². The highest BCUT2D eigenvalue weighted by Crippen LogP contribution is 2.36. The number of esters is 2. The van der Waals surface area contributed by atoms with E-state index in [0.29, 0.717) is 12.8 Å². The molecule has 1 fully saturated rings. The van der Waals surface area contributed by atoms with Gasteiger partial charge in [-0.1, -0.05) is 52.0 Å².